The Labute approximate surface area is 171 Å². The summed E-state index contributed by atoms with van der Waals surface area (Å²) in [7, 11) is 0. The Morgan fingerprint density at radius 2 is 1.54 bits per heavy atom. The molecule has 2 atom stereocenters. The number of para-hydroxylation sites is 1. The number of carbonyl (C=O) groups excluding carboxylic acids is 2. The highest BCUT2D eigenvalue weighted by Crippen LogP contribution is 2.23. The Hall–Kier alpha value is -2.53. The highest BCUT2D eigenvalue weighted by atomic mass is 35.5. The summed E-state index contributed by atoms with van der Waals surface area (Å²) < 4.78 is 10.8. The molecule has 0 aliphatic carbocycles. The predicted molar refractivity (Wildman–Crippen MR) is 111 cm³/mol. The lowest BCUT2D eigenvalue weighted by Gasteiger charge is -2.19. The van der Waals surface area contributed by atoms with Gasteiger partial charge in [-0.2, -0.15) is 0 Å². The van der Waals surface area contributed by atoms with Crippen molar-refractivity contribution in [2.75, 3.05) is 5.32 Å². The van der Waals surface area contributed by atoms with E-state index in [2.05, 4.69) is 5.32 Å². The minimum atomic E-state index is -0.946. The predicted octanol–water partition coefficient (Wildman–Crippen LogP) is 4.80. The second kappa shape index (κ2) is 10.1. The minimum Gasteiger partial charge on any atom is -0.479 e. The highest BCUT2D eigenvalue weighted by Gasteiger charge is 2.24. The fourth-order valence-electron chi connectivity index (χ4n) is 2.72. The molecule has 5 nitrogen and oxygen atoms in total. The Morgan fingerprint density at radius 1 is 0.964 bits per heavy atom. The topological polar surface area (TPSA) is 64.6 Å². The molecule has 1 amide bonds. The average molecular weight is 404 g/mol. The number of nitrogens with one attached hydrogen (secondary N) is 1. The number of halogens is 1. The maximum atomic E-state index is 12.6. The molecule has 0 saturated heterocycles. The Kier molecular flexibility index (Phi) is 7.88. The minimum absolute atomic E-state index is 0.373. The van der Waals surface area contributed by atoms with E-state index >= 15 is 0 Å². The molecule has 0 aliphatic heterocycles. The molecule has 0 fully saturated rings. The van der Waals surface area contributed by atoms with Gasteiger partial charge in [-0.25, -0.2) is 4.79 Å². The molecule has 0 bridgehead atoms. The van der Waals surface area contributed by atoms with E-state index in [9.17, 15) is 9.59 Å². The second-order valence-corrected chi connectivity index (χ2v) is 6.88. The first-order valence-corrected chi connectivity index (χ1v) is 9.77. The third-order valence-corrected chi connectivity index (χ3v) is 4.62. The monoisotopic (exact) mass is 403 g/mol. The van der Waals surface area contributed by atoms with Crippen LogP contribution in [0.25, 0.3) is 0 Å². The molecule has 0 unspecified atom stereocenters. The molecular weight excluding hydrogens is 378 g/mol. The lowest BCUT2D eigenvalue weighted by atomic mass is 10.0. The van der Waals surface area contributed by atoms with Gasteiger partial charge in [0.25, 0.3) is 5.91 Å². The molecule has 1 N–H and O–H groups in total. The zero-order valence-corrected chi connectivity index (χ0v) is 17.4. The van der Waals surface area contributed by atoms with Crippen LogP contribution >= 0.6 is 11.6 Å². The normalized spacial score (nSPS) is 12.8. The lowest BCUT2D eigenvalue weighted by molar-refractivity contribution is -0.159. The molecule has 0 aliphatic rings. The van der Waals surface area contributed by atoms with Crippen LogP contribution in [0.4, 0.5) is 5.69 Å². The molecule has 0 aromatic heterocycles. The van der Waals surface area contributed by atoms with E-state index in [1.165, 1.54) is 0 Å². The number of hydrogen-bond acceptors (Lipinski definition) is 4. The van der Waals surface area contributed by atoms with E-state index < -0.39 is 18.2 Å². The second-order valence-electron chi connectivity index (χ2n) is 6.44. The molecule has 28 heavy (non-hydrogen) atoms. The van der Waals surface area contributed by atoms with Crippen molar-refractivity contribution < 1.29 is 19.1 Å². The summed E-state index contributed by atoms with van der Waals surface area (Å²) in [5.74, 6) is -0.491. The van der Waals surface area contributed by atoms with Crippen molar-refractivity contribution in [1.29, 1.82) is 0 Å². The van der Waals surface area contributed by atoms with Crippen LogP contribution in [0, 0.1) is 0 Å². The smallest absolute Gasteiger partial charge is 0.347 e. The molecule has 0 saturated carbocycles. The van der Waals surface area contributed by atoms with Crippen molar-refractivity contribution in [3.63, 3.8) is 0 Å². The molecule has 6 heteroatoms. The first-order valence-electron chi connectivity index (χ1n) is 9.40. The van der Waals surface area contributed by atoms with Gasteiger partial charge >= 0.3 is 5.97 Å². The van der Waals surface area contributed by atoms with Crippen LogP contribution in [0.3, 0.4) is 0 Å². The van der Waals surface area contributed by atoms with Gasteiger partial charge in [-0.05, 0) is 62.1 Å². The maximum absolute atomic E-state index is 12.6. The van der Waals surface area contributed by atoms with Crippen LogP contribution < -0.4 is 10.1 Å². The number of carbonyl (C=O) groups is 2. The van der Waals surface area contributed by atoms with Gasteiger partial charge in [0.05, 0.1) is 0 Å². The standard InChI is InChI=1S/C22H26ClNO4/c1-5-16-8-7-9-17(6-2)20(16)24-21(25)14(3)28-22(26)15(4)27-19-12-10-18(23)11-13-19/h7-15H,5-6H2,1-4H3,(H,24,25)/t14-,15-/m0/s1. The van der Waals surface area contributed by atoms with Crippen molar-refractivity contribution in [3.05, 3.63) is 58.6 Å². The number of benzene rings is 2. The van der Waals surface area contributed by atoms with E-state index in [4.69, 9.17) is 21.1 Å². The van der Waals surface area contributed by atoms with E-state index in [-0.39, 0.29) is 5.91 Å². The molecule has 2 rings (SSSR count). The first kappa shape index (κ1) is 21.8. The molecule has 2 aromatic rings. The van der Waals surface area contributed by atoms with Gasteiger partial charge in [0.15, 0.2) is 12.2 Å². The summed E-state index contributed by atoms with van der Waals surface area (Å²) in [5.41, 5.74) is 2.89. The number of aryl methyl sites for hydroxylation is 2. The average Bonchev–Trinajstić information content (AvgIpc) is 2.69. The number of anilines is 1. The zero-order chi connectivity index (χ0) is 20.7. The largest absolute Gasteiger partial charge is 0.479 e. The number of rotatable bonds is 8. The molecule has 2 aromatic carbocycles. The summed E-state index contributed by atoms with van der Waals surface area (Å²) in [4.78, 5) is 24.8. The van der Waals surface area contributed by atoms with Gasteiger partial charge in [-0.15, -0.1) is 0 Å². The fraction of sp³-hybridized carbons (Fsp3) is 0.364. The third kappa shape index (κ3) is 5.73. The summed E-state index contributed by atoms with van der Waals surface area (Å²) in [5, 5.41) is 3.48. The van der Waals surface area contributed by atoms with E-state index in [1.54, 1.807) is 38.1 Å². The Bertz CT molecular complexity index is 798. The van der Waals surface area contributed by atoms with Gasteiger partial charge in [-0.3, -0.25) is 4.79 Å². The van der Waals surface area contributed by atoms with Gasteiger partial charge in [0.2, 0.25) is 0 Å². The van der Waals surface area contributed by atoms with Crippen LogP contribution in [-0.4, -0.2) is 24.1 Å². The first-order chi connectivity index (χ1) is 13.3. The fourth-order valence-corrected chi connectivity index (χ4v) is 2.84. The van der Waals surface area contributed by atoms with E-state index in [0.29, 0.717) is 10.8 Å². The van der Waals surface area contributed by atoms with Gasteiger partial charge < -0.3 is 14.8 Å². The summed E-state index contributed by atoms with van der Waals surface area (Å²) >= 11 is 5.83. The number of amides is 1. The van der Waals surface area contributed by atoms with E-state index in [0.717, 1.165) is 29.7 Å². The SMILES string of the molecule is CCc1cccc(CC)c1NC(=O)[C@H](C)OC(=O)[C@H](C)Oc1ccc(Cl)cc1. The molecule has 0 heterocycles. The molecule has 0 spiro atoms. The van der Waals surface area contributed by atoms with Crippen LogP contribution in [0.5, 0.6) is 5.75 Å². The van der Waals surface area contributed by atoms with Crippen LogP contribution in [-0.2, 0) is 27.2 Å². The maximum Gasteiger partial charge on any atom is 0.347 e. The highest BCUT2D eigenvalue weighted by molar-refractivity contribution is 6.30. The Balaban J connectivity index is 1.98. The molecule has 150 valence electrons. The van der Waals surface area contributed by atoms with Crippen LogP contribution in [0.1, 0.15) is 38.8 Å². The Morgan fingerprint density at radius 3 is 2.07 bits per heavy atom. The van der Waals surface area contributed by atoms with Crippen molar-refractivity contribution in [3.8, 4) is 5.75 Å². The third-order valence-electron chi connectivity index (χ3n) is 4.37. The quantitative estimate of drug-likeness (QED) is 0.643. The summed E-state index contributed by atoms with van der Waals surface area (Å²) in [6.45, 7) is 7.18. The van der Waals surface area contributed by atoms with Gasteiger partial charge in [0.1, 0.15) is 5.75 Å². The van der Waals surface area contributed by atoms with Crippen molar-refractivity contribution in [2.24, 2.45) is 0 Å². The van der Waals surface area contributed by atoms with Gasteiger partial charge in [0, 0.05) is 10.7 Å². The molecule has 0 radical (unpaired) electrons. The molecular formula is C22H26ClNO4. The van der Waals surface area contributed by atoms with Crippen molar-refractivity contribution in [1.82, 2.24) is 0 Å². The van der Waals surface area contributed by atoms with Gasteiger partial charge in [-0.1, -0.05) is 43.6 Å². The number of hydrogen-bond donors (Lipinski definition) is 1. The number of ether oxygens (including phenoxy) is 2. The van der Waals surface area contributed by atoms with E-state index in [1.807, 2.05) is 32.0 Å². The summed E-state index contributed by atoms with van der Waals surface area (Å²) in [6.07, 6.45) is -0.211. The van der Waals surface area contributed by atoms with Crippen LogP contribution in [0.15, 0.2) is 42.5 Å². The summed E-state index contributed by atoms with van der Waals surface area (Å²) in [6, 6.07) is 12.6. The number of esters is 1. The lowest BCUT2D eigenvalue weighted by Crippen LogP contribution is -2.35. The zero-order valence-electron chi connectivity index (χ0n) is 16.6. The van der Waals surface area contributed by atoms with Crippen LogP contribution in [0.2, 0.25) is 5.02 Å². The van der Waals surface area contributed by atoms with Crippen molar-refractivity contribution >= 4 is 29.2 Å². The van der Waals surface area contributed by atoms with Crippen molar-refractivity contribution in [2.45, 2.75) is 52.7 Å².